The number of rotatable bonds is 15. The molecule has 0 rings (SSSR count). The number of carbonyl (C=O) groups excluding carboxylic acids is 2. The van der Waals surface area contributed by atoms with Gasteiger partial charge in [-0.3, -0.25) is 19.8 Å². The molecule has 1 unspecified atom stereocenters. The molecule has 0 heterocycles. The standard InChI is InChI=1S/C23H39N3O4S.CH4/c1-16(2)8-6-9-17(3)10-7-11-18(4)12-13-31-15-20(23(30)26-24)25-22(29)19(5)14-21(27)28;/h8,10,12,19-20H,6-7,9,11,13-15,24H2,1-5H3,(H,25,29)(H,26,30)(H,27,28);1H4/b17-10+,18-12+;/t19?,20-;/m0./s1. The van der Waals surface area contributed by atoms with Crippen LogP contribution in [0.4, 0.5) is 0 Å². The molecule has 0 aromatic rings. The summed E-state index contributed by atoms with van der Waals surface area (Å²) in [4.78, 5) is 34.8. The molecule has 0 fully saturated rings. The molecule has 184 valence electrons. The second kappa shape index (κ2) is 18.5. The summed E-state index contributed by atoms with van der Waals surface area (Å²) in [5.41, 5.74) is 6.08. The largest absolute Gasteiger partial charge is 0.481 e. The van der Waals surface area contributed by atoms with E-state index in [1.807, 2.05) is 0 Å². The minimum absolute atomic E-state index is 0. The molecule has 0 aromatic heterocycles. The third kappa shape index (κ3) is 16.6. The number of carbonyl (C=O) groups is 3. The van der Waals surface area contributed by atoms with Crippen LogP contribution in [-0.4, -0.2) is 40.4 Å². The van der Waals surface area contributed by atoms with E-state index in [1.54, 1.807) is 0 Å². The lowest BCUT2D eigenvalue weighted by molar-refractivity contribution is -0.141. The number of hydrazine groups is 1. The minimum atomic E-state index is -1.06. The molecule has 0 aliphatic heterocycles. The van der Waals surface area contributed by atoms with Gasteiger partial charge in [0.1, 0.15) is 6.04 Å². The van der Waals surface area contributed by atoms with Crippen molar-refractivity contribution in [2.75, 3.05) is 11.5 Å². The lowest BCUT2D eigenvalue weighted by Gasteiger charge is -2.18. The van der Waals surface area contributed by atoms with Gasteiger partial charge in [-0.15, -0.1) is 0 Å². The molecule has 0 aliphatic rings. The third-order valence-corrected chi connectivity index (χ3v) is 5.63. The average Bonchev–Trinajstić information content (AvgIpc) is 2.68. The van der Waals surface area contributed by atoms with E-state index in [4.69, 9.17) is 10.9 Å². The molecule has 0 radical (unpaired) electrons. The van der Waals surface area contributed by atoms with Gasteiger partial charge < -0.3 is 10.4 Å². The normalized spacial score (nSPS) is 13.4. The Kier molecular flexibility index (Phi) is 18.6. The Labute approximate surface area is 198 Å². The van der Waals surface area contributed by atoms with Gasteiger partial charge in [-0.05, 0) is 53.4 Å². The first kappa shape index (κ1) is 32.1. The Morgan fingerprint density at radius 1 is 0.969 bits per heavy atom. The summed E-state index contributed by atoms with van der Waals surface area (Å²) in [5.74, 6) is 3.50. The second-order valence-corrected chi connectivity index (χ2v) is 9.14. The number of amides is 2. The van der Waals surface area contributed by atoms with Crippen LogP contribution in [0.5, 0.6) is 0 Å². The summed E-state index contributed by atoms with van der Waals surface area (Å²) in [6.07, 6.45) is 10.5. The van der Waals surface area contributed by atoms with Crippen LogP contribution in [0.1, 0.15) is 74.1 Å². The van der Waals surface area contributed by atoms with Gasteiger partial charge in [0.2, 0.25) is 5.91 Å². The van der Waals surface area contributed by atoms with E-state index in [0.717, 1.165) is 25.7 Å². The summed E-state index contributed by atoms with van der Waals surface area (Å²) >= 11 is 1.51. The Bertz CT molecular complexity index is 683. The summed E-state index contributed by atoms with van der Waals surface area (Å²) in [6.45, 7) is 10.00. The van der Waals surface area contributed by atoms with E-state index >= 15 is 0 Å². The monoisotopic (exact) mass is 469 g/mol. The van der Waals surface area contributed by atoms with Crippen molar-refractivity contribution in [3.05, 3.63) is 34.9 Å². The number of nitrogens with one attached hydrogen (secondary N) is 2. The maximum atomic E-state index is 12.1. The zero-order chi connectivity index (χ0) is 23.8. The first-order valence-electron chi connectivity index (χ1n) is 10.6. The number of nitrogens with two attached hydrogens (primary N) is 1. The first-order chi connectivity index (χ1) is 14.6. The highest BCUT2D eigenvalue weighted by Crippen LogP contribution is 2.13. The van der Waals surface area contributed by atoms with Gasteiger partial charge in [-0.25, -0.2) is 5.84 Å². The van der Waals surface area contributed by atoms with Crippen molar-refractivity contribution in [1.29, 1.82) is 0 Å². The van der Waals surface area contributed by atoms with E-state index < -0.39 is 29.7 Å². The molecule has 0 saturated carbocycles. The maximum absolute atomic E-state index is 12.1. The second-order valence-electron chi connectivity index (χ2n) is 8.07. The van der Waals surface area contributed by atoms with E-state index in [-0.39, 0.29) is 13.8 Å². The zero-order valence-corrected chi connectivity index (χ0v) is 20.3. The molecular formula is C24H43N3O4S. The number of hydrogen-bond donors (Lipinski definition) is 4. The molecule has 2 atom stereocenters. The van der Waals surface area contributed by atoms with Crippen LogP contribution in [-0.2, 0) is 14.4 Å². The Balaban J connectivity index is 0. The molecule has 0 aliphatic carbocycles. The summed E-state index contributed by atoms with van der Waals surface area (Å²) in [5, 5.41) is 11.4. The van der Waals surface area contributed by atoms with Gasteiger partial charge in [0.05, 0.1) is 6.42 Å². The van der Waals surface area contributed by atoms with Gasteiger partial charge in [0.15, 0.2) is 0 Å². The number of carboxylic acid groups (broad SMARTS) is 1. The zero-order valence-electron chi connectivity index (χ0n) is 19.5. The highest BCUT2D eigenvalue weighted by atomic mass is 32.2. The van der Waals surface area contributed by atoms with Crippen molar-refractivity contribution in [2.24, 2.45) is 11.8 Å². The SMILES string of the molecule is C.CC(C)=CCC/C(C)=C/CC/C(C)=C/CSC[C@H](NC(=O)C(C)CC(=O)O)C(=O)NN. The fraction of sp³-hybridized carbons (Fsp3) is 0.625. The van der Waals surface area contributed by atoms with Crippen molar-refractivity contribution < 1.29 is 19.5 Å². The highest BCUT2D eigenvalue weighted by Gasteiger charge is 2.24. The van der Waals surface area contributed by atoms with Crippen LogP contribution in [0.2, 0.25) is 0 Å². The molecule has 7 nitrogen and oxygen atoms in total. The number of hydrogen-bond acceptors (Lipinski definition) is 5. The molecule has 0 saturated heterocycles. The smallest absolute Gasteiger partial charge is 0.304 e. The minimum Gasteiger partial charge on any atom is -0.481 e. The summed E-state index contributed by atoms with van der Waals surface area (Å²) < 4.78 is 0. The highest BCUT2D eigenvalue weighted by molar-refractivity contribution is 7.99. The van der Waals surface area contributed by atoms with Gasteiger partial charge >= 0.3 is 5.97 Å². The van der Waals surface area contributed by atoms with E-state index in [9.17, 15) is 14.4 Å². The third-order valence-electron chi connectivity index (χ3n) is 4.66. The molecule has 0 aromatic carbocycles. The Morgan fingerprint density at radius 3 is 2.06 bits per heavy atom. The van der Waals surface area contributed by atoms with Crippen LogP contribution in [0, 0.1) is 5.92 Å². The van der Waals surface area contributed by atoms with Crippen molar-refractivity contribution in [3.8, 4) is 0 Å². The number of thioether (sulfide) groups is 1. The van der Waals surface area contributed by atoms with Crippen LogP contribution in [0.25, 0.3) is 0 Å². The van der Waals surface area contributed by atoms with Crippen molar-refractivity contribution >= 4 is 29.5 Å². The first-order valence-corrected chi connectivity index (χ1v) is 11.8. The fourth-order valence-corrected chi connectivity index (χ4v) is 3.69. The Hall–Kier alpha value is -2.06. The predicted octanol–water partition coefficient (Wildman–Crippen LogP) is 4.36. The van der Waals surface area contributed by atoms with Crippen LogP contribution in [0.3, 0.4) is 0 Å². The molecule has 32 heavy (non-hydrogen) atoms. The van der Waals surface area contributed by atoms with E-state index in [0.29, 0.717) is 11.5 Å². The van der Waals surface area contributed by atoms with Gasteiger partial charge in [-0.2, -0.15) is 11.8 Å². The van der Waals surface area contributed by atoms with Gasteiger partial charge in [0.25, 0.3) is 5.91 Å². The van der Waals surface area contributed by atoms with Gasteiger partial charge in [-0.1, -0.05) is 49.3 Å². The average molecular weight is 470 g/mol. The number of allylic oxidation sites excluding steroid dienone is 5. The predicted molar refractivity (Wildman–Crippen MR) is 135 cm³/mol. The summed E-state index contributed by atoms with van der Waals surface area (Å²) in [6, 6.07) is -0.807. The number of aliphatic carboxylic acids is 1. The molecular weight excluding hydrogens is 426 g/mol. The van der Waals surface area contributed by atoms with Crippen molar-refractivity contribution in [3.63, 3.8) is 0 Å². The quantitative estimate of drug-likeness (QED) is 0.0929. The van der Waals surface area contributed by atoms with Crippen molar-refractivity contribution in [2.45, 2.75) is 80.2 Å². The molecule has 5 N–H and O–H groups in total. The van der Waals surface area contributed by atoms with E-state index in [2.05, 4.69) is 56.7 Å². The number of carboxylic acids is 1. The summed E-state index contributed by atoms with van der Waals surface area (Å²) in [7, 11) is 0. The molecule has 8 heteroatoms. The maximum Gasteiger partial charge on any atom is 0.304 e. The van der Waals surface area contributed by atoms with Crippen LogP contribution in [0.15, 0.2) is 34.9 Å². The van der Waals surface area contributed by atoms with Crippen LogP contribution < -0.4 is 16.6 Å². The lowest BCUT2D eigenvalue weighted by Crippen LogP contribution is -2.51. The van der Waals surface area contributed by atoms with Crippen molar-refractivity contribution in [1.82, 2.24) is 10.7 Å². The Morgan fingerprint density at radius 2 is 1.53 bits per heavy atom. The van der Waals surface area contributed by atoms with E-state index in [1.165, 1.54) is 35.4 Å². The van der Waals surface area contributed by atoms with Gasteiger partial charge in [0, 0.05) is 17.4 Å². The molecule has 2 amide bonds. The fourth-order valence-electron chi connectivity index (χ4n) is 2.68. The lowest BCUT2D eigenvalue weighted by atomic mass is 10.1. The molecule has 0 bridgehead atoms. The topological polar surface area (TPSA) is 122 Å². The van der Waals surface area contributed by atoms with Crippen LogP contribution >= 0.6 is 11.8 Å². The molecule has 0 spiro atoms.